The van der Waals surface area contributed by atoms with Crippen molar-refractivity contribution in [3.63, 3.8) is 0 Å². The molecule has 0 bridgehead atoms. The lowest BCUT2D eigenvalue weighted by Gasteiger charge is -2.06. The van der Waals surface area contributed by atoms with Crippen LogP contribution >= 0.6 is 11.8 Å². The van der Waals surface area contributed by atoms with Crippen LogP contribution in [0.25, 0.3) is 0 Å². The number of nitrogens with zero attached hydrogens (tertiary/aromatic N) is 1. The van der Waals surface area contributed by atoms with Crippen LogP contribution in [0.4, 0.5) is 0 Å². The zero-order chi connectivity index (χ0) is 12.7. The van der Waals surface area contributed by atoms with E-state index in [1.807, 2.05) is 13.8 Å². The highest BCUT2D eigenvalue weighted by Crippen LogP contribution is 2.20. The van der Waals surface area contributed by atoms with E-state index < -0.39 is 0 Å². The van der Waals surface area contributed by atoms with Crippen molar-refractivity contribution in [1.29, 1.82) is 0 Å². The fraction of sp³-hybridized carbons (Fsp3) is 0.636. The first-order valence-electron chi connectivity index (χ1n) is 5.34. The molecular formula is C11H20N2O2S. The topological polar surface area (TPSA) is 66.0 Å². The molecule has 0 amide bonds. The van der Waals surface area contributed by atoms with Crippen LogP contribution in [0, 0.1) is 0 Å². The Kier molecular flexibility index (Phi) is 6.88. The van der Waals surface area contributed by atoms with E-state index in [4.69, 9.17) is 0 Å². The quantitative estimate of drug-likeness (QED) is 0.620. The Labute approximate surface area is 101 Å². The molecule has 2 N–H and O–H groups in total. The molecule has 0 aromatic carbocycles. The summed E-state index contributed by atoms with van der Waals surface area (Å²) in [5.41, 5.74) is 0.0876. The van der Waals surface area contributed by atoms with Gasteiger partial charge in [0.2, 0.25) is 5.88 Å². The Morgan fingerprint density at radius 2 is 1.94 bits per heavy atom. The van der Waals surface area contributed by atoms with Gasteiger partial charge in [-0.2, -0.15) is 4.98 Å². The summed E-state index contributed by atoms with van der Waals surface area (Å²) in [4.78, 5) is 17.8. The summed E-state index contributed by atoms with van der Waals surface area (Å²) in [5, 5.41) is 9.87. The second-order valence-corrected chi connectivity index (χ2v) is 4.47. The maximum Gasteiger partial charge on any atom is 0.258 e. The molecule has 16 heavy (non-hydrogen) atoms. The van der Waals surface area contributed by atoms with Gasteiger partial charge in [-0.1, -0.05) is 45.9 Å². The number of aromatic nitrogens is 2. The van der Waals surface area contributed by atoms with Crippen LogP contribution < -0.4 is 5.56 Å². The van der Waals surface area contributed by atoms with Crippen molar-refractivity contribution in [2.45, 2.75) is 45.2 Å². The van der Waals surface area contributed by atoms with Crippen molar-refractivity contribution in [2.24, 2.45) is 0 Å². The highest BCUT2D eigenvalue weighted by molar-refractivity contribution is 7.98. The van der Waals surface area contributed by atoms with E-state index >= 15 is 0 Å². The third kappa shape index (κ3) is 4.26. The molecule has 0 radical (unpaired) electrons. The number of aromatic hydroxyl groups is 1. The molecule has 5 heteroatoms. The van der Waals surface area contributed by atoms with Crippen molar-refractivity contribution in [1.82, 2.24) is 9.97 Å². The normalized spacial score (nSPS) is 9.88. The zero-order valence-corrected chi connectivity index (χ0v) is 11.3. The molecular weight excluding hydrogens is 224 g/mol. The van der Waals surface area contributed by atoms with Gasteiger partial charge in [0, 0.05) is 0 Å². The van der Waals surface area contributed by atoms with E-state index in [1.54, 1.807) is 6.26 Å². The van der Waals surface area contributed by atoms with Crippen molar-refractivity contribution >= 4 is 11.8 Å². The number of hydrogen-bond donors (Lipinski definition) is 2. The number of thioether (sulfide) groups is 1. The summed E-state index contributed by atoms with van der Waals surface area (Å²) in [6.07, 6.45) is 3.03. The van der Waals surface area contributed by atoms with Gasteiger partial charge in [0.1, 0.15) is 0 Å². The summed E-state index contributed by atoms with van der Waals surface area (Å²) < 4.78 is 0. The van der Waals surface area contributed by atoms with Crippen LogP contribution in [0.2, 0.25) is 0 Å². The molecule has 92 valence electrons. The monoisotopic (exact) mass is 244 g/mol. The van der Waals surface area contributed by atoms with Gasteiger partial charge in [0.15, 0.2) is 5.16 Å². The van der Waals surface area contributed by atoms with Crippen LogP contribution in [-0.2, 0) is 0 Å². The molecule has 4 nitrogen and oxygen atoms in total. The van der Waals surface area contributed by atoms with Crippen LogP contribution in [0.3, 0.4) is 0 Å². The third-order valence-corrected chi connectivity index (χ3v) is 2.26. The molecule has 0 unspecified atom stereocenters. The van der Waals surface area contributed by atoms with Gasteiger partial charge in [-0.15, -0.1) is 0 Å². The Bertz CT molecular complexity index is 375. The molecule has 1 heterocycles. The summed E-state index contributed by atoms with van der Waals surface area (Å²) in [5.74, 6) is -0.185. The Hall–Kier alpha value is -0.970. The predicted octanol–water partition coefficient (Wildman–Crippen LogP) is 2.74. The molecule has 0 fully saturated rings. The predicted molar refractivity (Wildman–Crippen MR) is 68.4 cm³/mol. The molecule has 0 spiro atoms. The van der Waals surface area contributed by atoms with Gasteiger partial charge in [0.05, 0.1) is 5.56 Å². The minimum atomic E-state index is -0.258. The standard InChI is InChI=1S/C8H12N2O2S.C3H8/c1-4(2)5-6(11)9-8(13-3)10-7(5)12;1-3-2/h4H,1-3H3,(H2,9,10,11,12);3H2,1-2H3. The number of rotatable bonds is 2. The lowest BCUT2D eigenvalue weighted by molar-refractivity contribution is 0.432. The SMILES string of the molecule is CCC.CSc1nc(O)c(C(C)C)c(=O)[nH]1. The van der Waals surface area contributed by atoms with Crippen molar-refractivity contribution < 1.29 is 5.11 Å². The van der Waals surface area contributed by atoms with Gasteiger partial charge < -0.3 is 10.1 Å². The summed E-state index contributed by atoms with van der Waals surface area (Å²) in [7, 11) is 0. The van der Waals surface area contributed by atoms with E-state index in [0.29, 0.717) is 10.7 Å². The van der Waals surface area contributed by atoms with E-state index in [0.717, 1.165) is 0 Å². The molecule has 0 atom stereocenters. The molecule has 0 aliphatic carbocycles. The lowest BCUT2D eigenvalue weighted by atomic mass is 10.1. The minimum absolute atomic E-state index is 0.0212. The van der Waals surface area contributed by atoms with E-state index in [2.05, 4.69) is 23.8 Å². The lowest BCUT2D eigenvalue weighted by Crippen LogP contribution is -2.15. The minimum Gasteiger partial charge on any atom is -0.493 e. The highest BCUT2D eigenvalue weighted by Gasteiger charge is 2.13. The Morgan fingerprint density at radius 1 is 1.44 bits per heavy atom. The van der Waals surface area contributed by atoms with Crippen molar-refractivity contribution in [3.8, 4) is 5.88 Å². The first-order chi connectivity index (χ1) is 7.47. The van der Waals surface area contributed by atoms with Crippen LogP contribution in [0.15, 0.2) is 9.95 Å². The molecule has 1 rings (SSSR count). The largest absolute Gasteiger partial charge is 0.493 e. The first kappa shape index (κ1) is 15.0. The van der Waals surface area contributed by atoms with E-state index in [1.165, 1.54) is 18.2 Å². The molecule has 0 aliphatic rings. The van der Waals surface area contributed by atoms with Gasteiger partial charge in [-0.25, -0.2) is 0 Å². The van der Waals surface area contributed by atoms with Gasteiger partial charge >= 0.3 is 0 Å². The fourth-order valence-corrected chi connectivity index (χ4v) is 1.44. The average Bonchev–Trinajstić information content (AvgIpc) is 2.17. The maximum absolute atomic E-state index is 11.4. The van der Waals surface area contributed by atoms with Crippen LogP contribution in [0.5, 0.6) is 5.88 Å². The fourth-order valence-electron chi connectivity index (χ4n) is 1.07. The van der Waals surface area contributed by atoms with Gasteiger partial charge in [0.25, 0.3) is 5.56 Å². The molecule has 0 saturated heterocycles. The summed E-state index contributed by atoms with van der Waals surface area (Å²) in [6.45, 7) is 7.93. The van der Waals surface area contributed by atoms with Crippen LogP contribution in [-0.4, -0.2) is 21.3 Å². The summed E-state index contributed by atoms with van der Waals surface area (Å²) in [6, 6.07) is 0. The highest BCUT2D eigenvalue weighted by atomic mass is 32.2. The second-order valence-electron chi connectivity index (χ2n) is 3.67. The smallest absolute Gasteiger partial charge is 0.258 e. The molecule has 1 aromatic heterocycles. The molecule has 0 aliphatic heterocycles. The first-order valence-corrected chi connectivity index (χ1v) is 6.57. The molecule has 1 aromatic rings. The number of H-pyrrole nitrogens is 1. The number of nitrogens with one attached hydrogen (secondary N) is 1. The van der Waals surface area contributed by atoms with Gasteiger partial charge in [-0.05, 0) is 12.2 Å². The Morgan fingerprint density at radius 3 is 2.25 bits per heavy atom. The van der Waals surface area contributed by atoms with Crippen molar-refractivity contribution in [3.05, 3.63) is 15.9 Å². The van der Waals surface area contributed by atoms with E-state index in [-0.39, 0.29) is 17.4 Å². The maximum atomic E-state index is 11.4. The number of aromatic amines is 1. The molecule has 0 saturated carbocycles. The second kappa shape index (κ2) is 7.33. The van der Waals surface area contributed by atoms with Crippen LogP contribution in [0.1, 0.15) is 45.6 Å². The Balaban J connectivity index is 0.000000673. The number of hydrogen-bond acceptors (Lipinski definition) is 4. The third-order valence-electron chi connectivity index (χ3n) is 1.68. The average molecular weight is 244 g/mol. The van der Waals surface area contributed by atoms with Gasteiger partial charge in [-0.3, -0.25) is 4.79 Å². The van der Waals surface area contributed by atoms with E-state index in [9.17, 15) is 9.90 Å². The zero-order valence-electron chi connectivity index (χ0n) is 10.5. The van der Waals surface area contributed by atoms with Crippen molar-refractivity contribution in [2.75, 3.05) is 6.26 Å². The summed E-state index contributed by atoms with van der Waals surface area (Å²) >= 11 is 1.29.